The van der Waals surface area contributed by atoms with Crippen LogP contribution in [0.25, 0.3) is 0 Å². The standard InChI is InChI=1S/C16H17N5/c17-10-13-9-12-3-1-2-4-14(12)19-16(13)21-8-7-20-6-5-18-15(20)11-21/h5-6,9H,1-4,7-8,11H2. The number of imidazole rings is 1. The average molecular weight is 279 g/mol. The summed E-state index contributed by atoms with van der Waals surface area (Å²) < 4.78 is 2.17. The molecule has 0 radical (unpaired) electrons. The molecule has 0 atom stereocenters. The van der Waals surface area contributed by atoms with Crippen LogP contribution < -0.4 is 4.90 Å². The molecule has 3 heterocycles. The summed E-state index contributed by atoms with van der Waals surface area (Å²) in [6, 6.07) is 4.38. The van der Waals surface area contributed by atoms with Crippen molar-refractivity contribution < 1.29 is 0 Å². The van der Waals surface area contributed by atoms with Crippen molar-refractivity contribution in [2.45, 2.75) is 38.8 Å². The second kappa shape index (κ2) is 4.88. The third kappa shape index (κ3) is 2.07. The SMILES string of the molecule is N#Cc1cc2c(nc1N1CCn3ccnc3C1)CCCC2. The maximum atomic E-state index is 9.47. The lowest BCUT2D eigenvalue weighted by molar-refractivity contribution is 0.553. The lowest BCUT2D eigenvalue weighted by Crippen LogP contribution is -2.35. The lowest BCUT2D eigenvalue weighted by atomic mass is 9.95. The van der Waals surface area contributed by atoms with Gasteiger partial charge in [-0.2, -0.15) is 5.26 Å². The van der Waals surface area contributed by atoms with E-state index in [1.54, 1.807) is 0 Å². The van der Waals surface area contributed by atoms with Crippen LogP contribution in [0.3, 0.4) is 0 Å². The number of hydrogen-bond acceptors (Lipinski definition) is 4. The first-order valence-electron chi connectivity index (χ1n) is 7.53. The molecule has 0 N–H and O–H groups in total. The minimum absolute atomic E-state index is 0.704. The van der Waals surface area contributed by atoms with Gasteiger partial charge in [0.1, 0.15) is 17.7 Å². The van der Waals surface area contributed by atoms with E-state index in [0.717, 1.165) is 44.1 Å². The normalized spacial score (nSPS) is 17.0. The molecule has 2 aliphatic rings. The number of nitriles is 1. The maximum absolute atomic E-state index is 9.47. The molecule has 0 bridgehead atoms. The smallest absolute Gasteiger partial charge is 0.147 e. The fraction of sp³-hybridized carbons (Fsp3) is 0.438. The second-order valence-corrected chi connectivity index (χ2v) is 5.74. The highest BCUT2D eigenvalue weighted by molar-refractivity contribution is 5.56. The van der Waals surface area contributed by atoms with Crippen LogP contribution in [0.4, 0.5) is 5.82 Å². The van der Waals surface area contributed by atoms with E-state index >= 15 is 0 Å². The number of aryl methyl sites for hydroxylation is 2. The summed E-state index contributed by atoms with van der Waals surface area (Å²) in [5, 5.41) is 9.47. The summed E-state index contributed by atoms with van der Waals surface area (Å²) in [6.45, 7) is 2.51. The molecule has 0 saturated carbocycles. The molecule has 5 heteroatoms. The zero-order chi connectivity index (χ0) is 14.2. The Hall–Kier alpha value is -2.35. The Morgan fingerprint density at radius 3 is 3.00 bits per heavy atom. The molecule has 0 spiro atoms. The summed E-state index contributed by atoms with van der Waals surface area (Å²) in [5.74, 6) is 1.89. The van der Waals surface area contributed by atoms with E-state index in [-0.39, 0.29) is 0 Å². The molecule has 5 nitrogen and oxygen atoms in total. The van der Waals surface area contributed by atoms with Gasteiger partial charge < -0.3 is 9.47 Å². The first-order chi connectivity index (χ1) is 10.3. The molecule has 0 fully saturated rings. The molecule has 1 aliphatic heterocycles. The van der Waals surface area contributed by atoms with Crippen molar-refractivity contribution in [2.24, 2.45) is 0 Å². The quantitative estimate of drug-likeness (QED) is 0.801. The second-order valence-electron chi connectivity index (χ2n) is 5.74. The molecule has 0 unspecified atom stereocenters. The van der Waals surface area contributed by atoms with E-state index in [2.05, 4.69) is 26.6 Å². The van der Waals surface area contributed by atoms with Crippen LogP contribution in [-0.2, 0) is 25.9 Å². The van der Waals surface area contributed by atoms with Gasteiger partial charge in [0.25, 0.3) is 0 Å². The van der Waals surface area contributed by atoms with Gasteiger partial charge >= 0.3 is 0 Å². The molecule has 0 amide bonds. The Labute approximate surface area is 123 Å². The zero-order valence-corrected chi connectivity index (χ0v) is 11.9. The van der Waals surface area contributed by atoms with Gasteiger partial charge in [-0.1, -0.05) is 0 Å². The Morgan fingerprint density at radius 1 is 1.19 bits per heavy atom. The zero-order valence-electron chi connectivity index (χ0n) is 11.9. The van der Waals surface area contributed by atoms with Crippen LogP contribution in [0.2, 0.25) is 0 Å². The fourth-order valence-corrected chi connectivity index (χ4v) is 3.30. The Morgan fingerprint density at radius 2 is 2.10 bits per heavy atom. The van der Waals surface area contributed by atoms with Gasteiger partial charge in [-0.05, 0) is 37.3 Å². The van der Waals surface area contributed by atoms with Crippen molar-refractivity contribution in [3.05, 3.63) is 41.1 Å². The van der Waals surface area contributed by atoms with E-state index in [0.29, 0.717) is 5.56 Å². The van der Waals surface area contributed by atoms with Gasteiger partial charge in [0, 0.05) is 31.2 Å². The first kappa shape index (κ1) is 12.4. The van der Waals surface area contributed by atoms with Crippen molar-refractivity contribution in [3.63, 3.8) is 0 Å². The fourth-order valence-electron chi connectivity index (χ4n) is 3.30. The van der Waals surface area contributed by atoms with Crippen LogP contribution in [0.15, 0.2) is 18.5 Å². The molecule has 4 rings (SSSR count). The van der Waals surface area contributed by atoms with Crippen LogP contribution >= 0.6 is 0 Å². The molecule has 106 valence electrons. The number of anilines is 1. The van der Waals surface area contributed by atoms with Gasteiger partial charge in [-0.15, -0.1) is 0 Å². The highest BCUT2D eigenvalue weighted by Gasteiger charge is 2.23. The lowest BCUT2D eigenvalue weighted by Gasteiger charge is -2.30. The van der Waals surface area contributed by atoms with Crippen LogP contribution in [0, 0.1) is 11.3 Å². The minimum atomic E-state index is 0.704. The number of fused-ring (bicyclic) bond motifs is 2. The molecular formula is C16H17N5. The van der Waals surface area contributed by atoms with E-state index in [1.165, 1.54) is 24.1 Å². The third-order valence-electron chi connectivity index (χ3n) is 4.45. The highest BCUT2D eigenvalue weighted by Crippen LogP contribution is 2.28. The molecule has 2 aromatic rings. The highest BCUT2D eigenvalue weighted by atomic mass is 15.3. The Bertz CT molecular complexity index is 725. The summed E-state index contributed by atoms with van der Waals surface area (Å²) >= 11 is 0. The van der Waals surface area contributed by atoms with Gasteiger partial charge in [-0.3, -0.25) is 0 Å². The van der Waals surface area contributed by atoms with Crippen molar-refractivity contribution in [1.82, 2.24) is 14.5 Å². The summed E-state index contributed by atoms with van der Waals surface area (Å²) in [4.78, 5) is 11.4. The number of rotatable bonds is 1. The van der Waals surface area contributed by atoms with Crippen molar-refractivity contribution in [2.75, 3.05) is 11.4 Å². The van der Waals surface area contributed by atoms with E-state index in [9.17, 15) is 5.26 Å². The summed E-state index contributed by atoms with van der Waals surface area (Å²) in [5.41, 5.74) is 3.15. The van der Waals surface area contributed by atoms with Crippen molar-refractivity contribution in [1.29, 1.82) is 5.26 Å². The Kier molecular flexibility index (Phi) is 2.88. The van der Waals surface area contributed by atoms with Gasteiger partial charge in [0.05, 0.1) is 12.1 Å². The predicted octanol–water partition coefficient (Wildman–Crippen LogP) is 2.05. The van der Waals surface area contributed by atoms with Gasteiger partial charge in [-0.25, -0.2) is 9.97 Å². The van der Waals surface area contributed by atoms with Crippen molar-refractivity contribution >= 4 is 5.82 Å². The van der Waals surface area contributed by atoms with Crippen LogP contribution in [0.1, 0.15) is 35.5 Å². The van der Waals surface area contributed by atoms with E-state index in [1.807, 2.05) is 12.4 Å². The summed E-state index contributed by atoms with van der Waals surface area (Å²) in [6.07, 6.45) is 8.36. The first-order valence-corrected chi connectivity index (χ1v) is 7.53. The molecule has 0 aromatic carbocycles. The monoisotopic (exact) mass is 279 g/mol. The van der Waals surface area contributed by atoms with Crippen LogP contribution in [0.5, 0.6) is 0 Å². The van der Waals surface area contributed by atoms with E-state index in [4.69, 9.17) is 4.98 Å². The average Bonchev–Trinajstić information content (AvgIpc) is 3.01. The van der Waals surface area contributed by atoms with E-state index < -0.39 is 0 Å². The third-order valence-corrected chi connectivity index (χ3v) is 4.45. The largest absolute Gasteiger partial charge is 0.346 e. The number of hydrogen-bond donors (Lipinski definition) is 0. The predicted molar refractivity (Wildman–Crippen MR) is 78.9 cm³/mol. The Balaban J connectivity index is 1.73. The molecule has 1 aliphatic carbocycles. The number of nitrogens with zero attached hydrogens (tertiary/aromatic N) is 5. The minimum Gasteiger partial charge on any atom is -0.346 e. The molecule has 2 aromatic heterocycles. The van der Waals surface area contributed by atoms with Crippen LogP contribution in [-0.4, -0.2) is 21.1 Å². The van der Waals surface area contributed by atoms with Gasteiger partial charge in [0.15, 0.2) is 0 Å². The molecular weight excluding hydrogens is 262 g/mol. The van der Waals surface area contributed by atoms with Crippen molar-refractivity contribution in [3.8, 4) is 6.07 Å². The number of pyridine rings is 1. The molecule has 21 heavy (non-hydrogen) atoms. The number of aromatic nitrogens is 3. The van der Waals surface area contributed by atoms with Gasteiger partial charge in [0.2, 0.25) is 0 Å². The molecule has 0 saturated heterocycles. The summed E-state index contributed by atoms with van der Waals surface area (Å²) in [7, 11) is 0. The topological polar surface area (TPSA) is 57.7 Å². The maximum Gasteiger partial charge on any atom is 0.147 e.